The maximum atomic E-state index is 9.67. The lowest BCUT2D eigenvalue weighted by molar-refractivity contribution is -0.00476. The van der Waals surface area contributed by atoms with E-state index in [0.717, 1.165) is 0 Å². The van der Waals surface area contributed by atoms with E-state index in [9.17, 15) is 5.02 Å². The van der Waals surface area contributed by atoms with Gasteiger partial charge in [0.25, 0.3) is 0 Å². The van der Waals surface area contributed by atoms with Crippen LogP contribution in [0.3, 0.4) is 0 Å². The zero-order valence-corrected chi connectivity index (χ0v) is 12.0. The van der Waals surface area contributed by atoms with Crippen LogP contribution >= 0.6 is 0 Å². The Morgan fingerprint density at radius 2 is 1.06 bits per heavy atom. The van der Waals surface area contributed by atoms with Gasteiger partial charge >= 0.3 is 7.32 Å². The van der Waals surface area contributed by atoms with Gasteiger partial charge < -0.3 is 14.3 Å². The lowest BCUT2D eigenvalue weighted by Gasteiger charge is -2.32. The smallest absolute Gasteiger partial charge is 0.402 e. The van der Waals surface area contributed by atoms with Crippen molar-refractivity contribution in [3.63, 3.8) is 0 Å². The predicted molar refractivity (Wildman–Crippen MR) is 68.0 cm³/mol. The van der Waals surface area contributed by atoms with E-state index in [4.69, 9.17) is 9.31 Å². The average Bonchev–Trinajstić information content (AvgIpc) is 1.99. The molecule has 0 aliphatic rings. The average molecular weight is 230 g/mol. The molecular weight excluding hydrogens is 203 g/mol. The minimum absolute atomic E-state index is 0.00465. The summed E-state index contributed by atoms with van der Waals surface area (Å²) in [6, 6.07) is 0. The summed E-state index contributed by atoms with van der Waals surface area (Å²) in [5.74, 6) is 0. The van der Waals surface area contributed by atoms with Gasteiger partial charge in [0.15, 0.2) is 0 Å². The summed E-state index contributed by atoms with van der Waals surface area (Å²) in [6.45, 7) is 16.3. The summed E-state index contributed by atoms with van der Waals surface area (Å²) in [5.41, 5.74) is -0.00930. The predicted octanol–water partition coefficient (Wildman–Crippen LogP) is 2.87. The maximum Gasteiger partial charge on any atom is 0.637 e. The number of hydrogen-bond acceptors (Lipinski definition) is 3. The molecule has 96 valence electrons. The Labute approximate surface area is 101 Å². The highest BCUT2D eigenvalue weighted by Crippen LogP contribution is 2.25. The summed E-state index contributed by atoms with van der Waals surface area (Å²) < 4.78 is 10.8. The van der Waals surface area contributed by atoms with Crippen LogP contribution in [0.25, 0.3) is 0 Å². The van der Waals surface area contributed by atoms with Crippen LogP contribution in [-0.4, -0.2) is 24.6 Å². The Balaban J connectivity index is 4.15. The highest BCUT2D eigenvalue weighted by atomic mass is 16.7. The van der Waals surface area contributed by atoms with Gasteiger partial charge in [-0.15, -0.1) is 0 Å². The molecule has 0 aliphatic carbocycles. The Morgan fingerprint density at radius 3 is 1.25 bits per heavy atom. The van der Waals surface area contributed by atoms with Crippen LogP contribution < -0.4 is 0 Å². The van der Waals surface area contributed by atoms with Crippen molar-refractivity contribution >= 4 is 7.32 Å². The minimum Gasteiger partial charge on any atom is -0.402 e. The van der Waals surface area contributed by atoms with Crippen LogP contribution in [0.1, 0.15) is 55.4 Å². The van der Waals surface area contributed by atoms with Gasteiger partial charge in [0.05, 0.1) is 0 Å². The summed E-state index contributed by atoms with van der Waals surface area (Å²) in [5, 5.41) is 9.67. The Kier molecular flexibility index (Phi) is 5.50. The Morgan fingerprint density at radius 1 is 0.812 bits per heavy atom. The van der Waals surface area contributed by atoms with Crippen molar-refractivity contribution in [1.82, 2.24) is 0 Å². The maximum absolute atomic E-state index is 9.67. The van der Waals surface area contributed by atoms with E-state index in [1.54, 1.807) is 0 Å². The van der Waals surface area contributed by atoms with E-state index >= 15 is 0 Å². The molecule has 0 aromatic rings. The fourth-order valence-corrected chi connectivity index (χ4v) is 0.790. The molecule has 0 aromatic carbocycles. The van der Waals surface area contributed by atoms with Gasteiger partial charge in [0.1, 0.15) is 0 Å². The molecule has 0 aliphatic heterocycles. The second kappa shape index (κ2) is 5.52. The van der Waals surface area contributed by atoms with Gasteiger partial charge in [-0.05, 0) is 24.7 Å². The number of rotatable bonds is 4. The zero-order valence-electron chi connectivity index (χ0n) is 12.0. The third-order valence-corrected chi connectivity index (χ3v) is 3.08. The quantitative estimate of drug-likeness (QED) is 0.754. The van der Waals surface area contributed by atoms with E-state index in [0.29, 0.717) is 0 Å². The largest absolute Gasteiger partial charge is 0.637 e. The van der Waals surface area contributed by atoms with Crippen LogP contribution in [0, 0.1) is 10.8 Å². The summed E-state index contributed by atoms with van der Waals surface area (Å²) in [7, 11) is -1.15. The molecule has 4 heteroatoms. The highest BCUT2D eigenvalue weighted by molar-refractivity contribution is 6.34. The first-order valence-electron chi connectivity index (χ1n) is 5.93. The molecule has 0 aromatic heterocycles. The van der Waals surface area contributed by atoms with E-state index in [2.05, 4.69) is 41.5 Å². The summed E-state index contributed by atoms with van der Waals surface area (Å²) in [6.07, 6.45) is -0.121. The first-order valence-corrected chi connectivity index (χ1v) is 5.93. The van der Waals surface area contributed by atoms with Crippen molar-refractivity contribution in [3.8, 4) is 0 Å². The molecular formula is C12H27BO3. The van der Waals surface area contributed by atoms with Crippen LogP contribution in [0.2, 0.25) is 0 Å². The fourth-order valence-electron chi connectivity index (χ4n) is 0.790. The molecule has 0 bridgehead atoms. The molecule has 0 heterocycles. The van der Waals surface area contributed by atoms with Crippen molar-refractivity contribution in [2.75, 3.05) is 0 Å². The molecule has 2 unspecified atom stereocenters. The van der Waals surface area contributed by atoms with E-state index in [-0.39, 0.29) is 23.0 Å². The highest BCUT2D eigenvalue weighted by Gasteiger charge is 2.31. The molecule has 0 saturated carbocycles. The van der Waals surface area contributed by atoms with Crippen LogP contribution in [0.5, 0.6) is 0 Å². The molecule has 0 saturated heterocycles. The van der Waals surface area contributed by atoms with E-state index < -0.39 is 7.32 Å². The molecule has 0 rings (SSSR count). The lowest BCUT2D eigenvalue weighted by Crippen LogP contribution is -2.39. The third-order valence-electron chi connectivity index (χ3n) is 3.08. The standard InChI is InChI=1S/C12H27BO3/c1-9(11(3,4)5)15-13(14)16-10(2)12(6,7)8/h9-10,14H,1-8H3. The third kappa shape index (κ3) is 5.87. The molecule has 0 fully saturated rings. The Hall–Kier alpha value is -0.0551. The molecule has 0 radical (unpaired) electrons. The molecule has 1 N–H and O–H groups in total. The molecule has 16 heavy (non-hydrogen) atoms. The first-order chi connectivity index (χ1) is 6.94. The van der Waals surface area contributed by atoms with Gasteiger partial charge in [-0.3, -0.25) is 0 Å². The van der Waals surface area contributed by atoms with Crippen LogP contribution in [-0.2, 0) is 9.31 Å². The van der Waals surface area contributed by atoms with Crippen molar-refractivity contribution in [1.29, 1.82) is 0 Å². The normalized spacial score (nSPS) is 17.1. The number of hydrogen-bond donors (Lipinski definition) is 1. The first kappa shape index (κ1) is 15.9. The van der Waals surface area contributed by atoms with Gasteiger partial charge in [-0.1, -0.05) is 41.5 Å². The molecule has 3 nitrogen and oxygen atoms in total. The van der Waals surface area contributed by atoms with Gasteiger partial charge in [0.2, 0.25) is 0 Å². The fraction of sp³-hybridized carbons (Fsp3) is 1.00. The van der Waals surface area contributed by atoms with Gasteiger partial charge in [-0.25, -0.2) is 0 Å². The second-order valence-electron chi connectivity index (χ2n) is 6.60. The second-order valence-corrected chi connectivity index (χ2v) is 6.60. The monoisotopic (exact) mass is 230 g/mol. The van der Waals surface area contributed by atoms with E-state index in [1.165, 1.54) is 0 Å². The van der Waals surface area contributed by atoms with Crippen molar-refractivity contribution in [2.45, 2.75) is 67.6 Å². The molecule has 0 spiro atoms. The van der Waals surface area contributed by atoms with Crippen molar-refractivity contribution in [2.24, 2.45) is 10.8 Å². The Bertz CT molecular complexity index is 183. The van der Waals surface area contributed by atoms with Crippen molar-refractivity contribution < 1.29 is 14.3 Å². The molecule has 0 amide bonds. The van der Waals surface area contributed by atoms with Gasteiger partial charge in [-0.2, -0.15) is 0 Å². The van der Waals surface area contributed by atoms with Gasteiger partial charge in [0, 0.05) is 12.2 Å². The summed E-state index contributed by atoms with van der Waals surface area (Å²) >= 11 is 0. The molecule has 2 atom stereocenters. The van der Waals surface area contributed by atoms with E-state index in [1.807, 2.05) is 13.8 Å². The van der Waals surface area contributed by atoms with Crippen LogP contribution in [0.15, 0.2) is 0 Å². The van der Waals surface area contributed by atoms with Crippen molar-refractivity contribution in [3.05, 3.63) is 0 Å². The van der Waals surface area contributed by atoms with Crippen LogP contribution in [0.4, 0.5) is 0 Å². The summed E-state index contributed by atoms with van der Waals surface area (Å²) in [4.78, 5) is 0. The SMILES string of the molecule is CC(OB(O)OC(C)C(C)(C)C)C(C)(C)C. The zero-order chi connectivity index (χ0) is 13.1. The minimum atomic E-state index is -1.15. The topological polar surface area (TPSA) is 38.7 Å². The lowest BCUT2D eigenvalue weighted by atomic mass is 9.88.